The van der Waals surface area contributed by atoms with Gasteiger partial charge in [0.2, 0.25) is 0 Å². The summed E-state index contributed by atoms with van der Waals surface area (Å²) in [6, 6.07) is 11.4. The highest BCUT2D eigenvalue weighted by atomic mass is 32.2. The number of pyridine rings is 1. The van der Waals surface area contributed by atoms with E-state index in [0.717, 1.165) is 16.9 Å². The Morgan fingerprint density at radius 1 is 1.30 bits per heavy atom. The van der Waals surface area contributed by atoms with Crippen molar-refractivity contribution in [3.05, 3.63) is 64.8 Å². The average Bonchev–Trinajstić information content (AvgIpc) is 2.84. The molecule has 0 N–H and O–H groups in total. The minimum absolute atomic E-state index is 0.0697. The van der Waals surface area contributed by atoms with E-state index < -0.39 is 0 Å². The number of hydrogen-bond acceptors (Lipinski definition) is 5. The minimum Gasteiger partial charge on any atom is -0.497 e. The lowest BCUT2D eigenvalue weighted by molar-refractivity contribution is -0.122. The first-order valence-electron chi connectivity index (χ1n) is 6.95. The SMILES string of the molecule is COc1ccc(CN2C(=O)C(=Cc3cccnc3)SC2=S)cc1. The lowest BCUT2D eigenvalue weighted by atomic mass is 10.2. The molecule has 0 radical (unpaired) electrons. The van der Waals surface area contributed by atoms with Crippen LogP contribution >= 0.6 is 24.0 Å². The zero-order chi connectivity index (χ0) is 16.2. The van der Waals surface area contributed by atoms with Gasteiger partial charge in [0, 0.05) is 12.4 Å². The molecule has 116 valence electrons. The number of nitrogens with zero attached hydrogens (tertiary/aromatic N) is 2. The van der Waals surface area contributed by atoms with Gasteiger partial charge in [-0.2, -0.15) is 0 Å². The minimum atomic E-state index is -0.0697. The third kappa shape index (κ3) is 3.60. The van der Waals surface area contributed by atoms with Crippen LogP contribution in [0.2, 0.25) is 0 Å². The fourth-order valence-corrected chi connectivity index (χ4v) is 3.42. The molecule has 0 aliphatic carbocycles. The predicted octanol–water partition coefficient (Wildman–Crippen LogP) is 3.49. The number of thiocarbonyl (C=S) groups is 1. The summed E-state index contributed by atoms with van der Waals surface area (Å²) in [6.45, 7) is 0.457. The van der Waals surface area contributed by atoms with Gasteiger partial charge in [-0.15, -0.1) is 0 Å². The molecule has 1 aromatic carbocycles. The van der Waals surface area contributed by atoms with E-state index in [1.165, 1.54) is 11.8 Å². The number of rotatable bonds is 4. The maximum atomic E-state index is 12.6. The fourth-order valence-electron chi connectivity index (χ4n) is 2.16. The van der Waals surface area contributed by atoms with Crippen LogP contribution in [0.4, 0.5) is 0 Å². The molecular weight excluding hydrogens is 328 g/mol. The van der Waals surface area contributed by atoms with Gasteiger partial charge >= 0.3 is 0 Å². The van der Waals surface area contributed by atoms with Gasteiger partial charge in [0.25, 0.3) is 5.91 Å². The van der Waals surface area contributed by atoms with Gasteiger partial charge in [0.15, 0.2) is 0 Å². The zero-order valence-electron chi connectivity index (χ0n) is 12.4. The summed E-state index contributed by atoms with van der Waals surface area (Å²) in [5.74, 6) is 0.718. The standard InChI is InChI=1S/C17H14N2O2S2/c1-21-14-6-4-12(5-7-14)11-19-16(20)15(23-17(19)22)9-13-3-2-8-18-10-13/h2-10H,11H2,1H3. The Hall–Kier alpha value is -2.18. The van der Waals surface area contributed by atoms with Crippen molar-refractivity contribution in [1.82, 2.24) is 9.88 Å². The number of amides is 1. The lowest BCUT2D eigenvalue weighted by Gasteiger charge is -2.14. The molecular formula is C17H14N2O2S2. The molecule has 1 aliphatic heterocycles. The van der Waals surface area contributed by atoms with E-state index in [1.54, 1.807) is 24.4 Å². The summed E-state index contributed by atoms with van der Waals surface area (Å²) in [5, 5.41) is 0. The molecule has 1 fully saturated rings. The smallest absolute Gasteiger partial charge is 0.266 e. The van der Waals surface area contributed by atoms with E-state index in [0.29, 0.717) is 15.8 Å². The lowest BCUT2D eigenvalue weighted by Crippen LogP contribution is -2.27. The number of benzene rings is 1. The molecule has 23 heavy (non-hydrogen) atoms. The largest absolute Gasteiger partial charge is 0.497 e. The van der Waals surface area contributed by atoms with Crippen molar-refractivity contribution in [2.75, 3.05) is 7.11 Å². The summed E-state index contributed by atoms with van der Waals surface area (Å²) >= 11 is 6.67. The Morgan fingerprint density at radius 2 is 2.09 bits per heavy atom. The van der Waals surface area contributed by atoms with Gasteiger partial charge in [0.05, 0.1) is 18.6 Å². The molecule has 0 unspecified atom stereocenters. The Balaban J connectivity index is 1.77. The molecule has 1 saturated heterocycles. The summed E-state index contributed by atoms with van der Waals surface area (Å²) < 4.78 is 5.71. The normalized spacial score (nSPS) is 16.2. The van der Waals surface area contributed by atoms with Crippen molar-refractivity contribution < 1.29 is 9.53 Å². The van der Waals surface area contributed by atoms with Gasteiger partial charge in [0.1, 0.15) is 10.1 Å². The Labute approximate surface area is 144 Å². The Morgan fingerprint density at radius 3 is 2.74 bits per heavy atom. The van der Waals surface area contributed by atoms with E-state index in [2.05, 4.69) is 4.98 Å². The molecule has 1 amide bonds. The van der Waals surface area contributed by atoms with Gasteiger partial charge in [-0.25, -0.2) is 0 Å². The van der Waals surface area contributed by atoms with Crippen molar-refractivity contribution in [1.29, 1.82) is 0 Å². The van der Waals surface area contributed by atoms with Crippen LogP contribution in [0.1, 0.15) is 11.1 Å². The molecule has 4 nitrogen and oxygen atoms in total. The van der Waals surface area contributed by atoms with Crippen LogP contribution in [0.15, 0.2) is 53.7 Å². The van der Waals surface area contributed by atoms with Gasteiger partial charge in [-0.1, -0.05) is 42.2 Å². The van der Waals surface area contributed by atoms with E-state index in [4.69, 9.17) is 17.0 Å². The number of carbonyl (C=O) groups is 1. The van der Waals surface area contributed by atoms with Crippen LogP contribution in [0.25, 0.3) is 6.08 Å². The molecule has 6 heteroatoms. The number of methoxy groups -OCH3 is 1. The van der Waals surface area contributed by atoms with Crippen molar-refractivity contribution >= 4 is 40.3 Å². The molecule has 1 aromatic heterocycles. The van der Waals surface area contributed by atoms with Crippen molar-refractivity contribution in [2.45, 2.75) is 6.54 Å². The highest BCUT2D eigenvalue weighted by Gasteiger charge is 2.31. The highest BCUT2D eigenvalue weighted by Crippen LogP contribution is 2.33. The molecule has 0 saturated carbocycles. The fraction of sp³-hybridized carbons (Fsp3) is 0.118. The van der Waals surface area contributed by atoms with Crippen LogP contribution in [0.5, 0.6) is 5.75 Å². The molecule has 3 rings (SSSR count). The Bertz CT molecular complexity index is 758. The molecule has 2 heterocycles. The van der Waals surface area contributed by atoms with Gasteiger partial charge in [-0.3, -0.25) is 14.7 Å². The second-order valence-electron chi connectivity index (χ2n) is 4.90. The van der Waals surface area contributed by atoms with E-state index >= 15 is 0 Å². The first-order valence-corrected chi connectivity index (χ1v) is 8.18. The number of ether oxygens (including phenoxy) is 1. The molecule has 1 aliphatic rings. The van der Waals surface area contributed by atoms with Crippen LogP contribution < -0.4 is 4.74 Å². The number of hydrogen-bond donors (Lipinski definition) is 0. The van der Waals surface area contributed by atoms with E-state index in [-0.39, 0.29) is 5.91 Å². The van der Waals surface area contributed by atoms with Gasteiger partial charge < -0.3 is 4.74 Å². The second kappa shape index (κ2) is 6.93. The molecule has 0 bridgehead atoms. The monoisotopic (exact) mass is 342 g/mol. The number of carbonyl (C=O) groups excluding carboxylic acids is 1. The molecule has 0 spiro atoms. The van der Waals surface area contributed by atoms with E-state index in [9.17, 15) is 4.79 Å². The second-order valence-corrected chi connectivity index (χ2v) is 6.58. The molecule has 0 atom stereocenters. The average molecular weight is 342 g/mol. The van der Waals surface area contributed by atoms with Crippen LogP contribution in [-0.2, 0) is 11.3 Å². The maximum absolute atomic E-state index is 12.6. The topological polar surface area (TPSA) is 42.4 Å². The van der Waals surface area contributed by atoms with E-state index in [1.807, 2.05) is 42.5 Å². The van der Waals surface area contributed by atoms with Crippen molar-refractivity contribution in [2.24, 2.45) is 0 Å². The summed E-state index contributed by atoms with van der Waals surface area (Å²) in [4.78, 5) is 18.8. The van der Waals surface area contributed by atoms with Crippen LogP contribution in [0, 0.1) is 0 Å². The summed E-state index contributed by atoms with van der Waals surface area (Å²) in [5.41, 5.74) is 1.89. The summed E-state index contributed by atoms with van der Waals surface area (Å²) in [6.07, 6.45) is 5.24. The van der Waals surface area contributed by atoms with Crippen LogP contribution in [-0.4, -0.2) is 27.2 Å². The third-order valence-electron chi connectivity index (χ3n) is 3.36. The predicted molar refractivity (Wildman–Crippen MR) is 95.9 cm³/mol. The first-order chi connectivity index (χ1) is 11.2. The van der Waals surface area contributed by atoms with Crippen molar-refractivity contribution in [3.63, 3.8) is 0 Å². The van der Waals surface area contributed by atoms with Gasteiger partial charge in [-0.05, 0) is 35.4 Å². The molecule has 2 aromatic rings. The quantitative estimate of drug-likeness (QED) is 0.628. The highest BCUT2D eigenvalue weighted by molar-refractivity contribution is 8.26. The van der Waals surface area contributed by atoms with Crippen LogP contribution in [0.3, 0.4) is 0 Å². The number of aromatic nitrogens is 1. The first kappa shape index (κ1) is 15.7. The Kier molecular flexibility index (Phi) is 4.73. The zero-order valence-corrected chi connectivity index (χ0v) is 14.1. The third-order valence-corrected chi connectivity index (χ3v) is 4.73. The number of thioether (sulfide) groups is 1. The maximum Gasteiger partial charge on any atom is 0.266 e. The summed E-state index contributed by atoms with van der Waals surface area (Å²) in [7, 11) is 1.63. The van der Waals surface area contributed by atoms with Crippen molar-refractivity contribution in [3.8, 4) is 5.75 Å².